The van der Waals surface area contributed by atoms with Crippen molar-refractivity contribution in [3.8, 4) is 0 Å². The monoisotopic (exact) mass is 356 g/mol. The third-order valence-electron chi connectivity index (χ3n) is 3.64. The van der Waals surface area contributed by atoms with Crippen molar-refractivity contribution in [3.05, 3.63) is 33.8 Å². The lowest BCUT2D eigenvalue weighted by Crippen LogP contribution is -2.38. The summed E-state index contributed by atoms with van der Waals surface area (Å²) >= 11 is 1.10. The Balaban J connectivity index is 1.86. The number of aliphatic hydroxyl groups is 1. The van der Waals surface area contributed by atoms with Crippen molar-refractivity contribution < 1.29 is 18.3 Å². The maximum Gasteiger partial charge on any atom is 0.261 e. The number of fused-ring (bicyclic) bond motifs is 1. The van der Waals surface area contributed by atoms with Crippen LogP contribution in [0.1, 0.15) is 21.1 Å². The van der Waals surface area contributed by atoms with Gasteiger partial charge < -0.3 is 10.4 Å². The number of hydrogen-bond acceptors (Lipinski definition) is 6. The van der Waals surface area contributed by atoms with E-state index in [-0.39, 0.29) is 24.0 Å². The van der Waals surface area contributed by atoms with E-state index in [2.05, 4.69) is 10.4 Å². The predicted molar refractivity (Wildman–Crippen MR) is 83.5 cm³/mol. The maximum absolute atomic E-state index is 12.7. The molecule has 0 saturated heterocycles. The Bertz CT molecular complexity index is 840. The molecule has 8 nitrogen and oxygen atoms in total. The summed E-state index contributed by atoms with van der Waals surface area (Å²) in [7, 11) is -2.16. The lowest BCUT2D eigenvalue weighted by atomic mass is 10.3. The van der Waals surface area contributed by atoms with E-state index in [9.17, 15) is 13.2 Å². The van der Waals surface area contributed by atoms with Crippen LogP contribution in [0.4, 0.5) is 0 Å². The maximum atomic E-state index is 12.7. The van der Waals surface area contributed by atoms with Crippen LogP contribution in [0.15, 0.2) is 22.4 Å². The largest absolute Gasteiger partial charge is 0.390 e. The molecule has 0 saturated carbocycles. The lowest BCUT2D eigenvalue weighted by molar-refractivity contribution is 0.0967. The summed E-state index contributed by atoms with van der Waals surface area (Å²) in [5.41, 5.74) is 1.27. The minimum absolute atomic E-state index is 0.122. The number of hydrogen-bond donors (Lipinski definition) is 2. The molecule has 0 radical (unpaired) electrons. The average Bonchev–Trinajstić information content (AvgIpc) is 3.19. The second kappa shape index (κ2) is 6.04. The van der Waals surface area contributed by atoms with E-state index < -0.39 is 10.0 Å². The van der Waals surface area contributed by atoms with Crippen LogP contribution in [0.2, 0.25) is 0 Å². The van der Waals surface area contributed by atoms with Gasteiger partial charge in [0, 0.05) is 19.0 Å². The molecular formula is C13H16N4O4S2. The van der Waals surface area contributed by atoms with Crippen molar-refractivity contribution in [2.75, 3.05) is 13.6 Å². The average molecular weight is 356 g/mol. The van der Waals surface area contributed by atoms with Crippen molar-refractivity contribution >= 4 is 27.3 Å². The summed E-state index contributed by atoms with van der Waals surface area (Å²) in [6.45, 7) is 0.751. The quantitative estimate of drug-likeness (QED) is 0.802. The van der Waals surface area contributed by atoms with Crippen molar-refractivity contribution in [1.82, 2.24) is 19.4 Å². The standard InChI is InChI=1S/C13H16N4O4S2/c1-14-13(19)12-5-11(8-22-12)23(20,21)16-2-3-17-10(6-16)4-9(7-18)15-17/h4-5,8,18H,2-3,6-7H2,1H3,(H,14,19). The fraction of sp³-hybridized carbons (Fsp3) is 0.385. The molecule has 1 aliphatic rings. The highest BCUT2D eigenvalue weighted by atomic mass is 32.2. The first-order chi connectivity index (χ1) is 11.0. The van der Waals surface area contributed by atoms with E-state index in [4.69, 9.17) is 5.11 Å². The molecule has 3 rings (SSSR count). The van der Waals surface area contributed by atoms with Crippen molar-refractivity contribution in [2.24, 2.45) is 0 Å². The SMILES string of the molecule is CNC(=O)c1cc(S(=O)(=O)N2CCn3nc(CO)cc3C2)cs1. The fourth-order valence-electron chi connectivity index (χ4n) is 2.43. The number of nitrogens with zero attached hydrogens (tertiary/aromatic N) is 3. The molecule has 2 aromatic rings. The number of sulfonamides is 1. The minimum Gasteiger partial charge on any atom is -0.390 e. The number of amides is 1. The van der Waals surface area contributed by atoms with Crippen LogP contribution in [0.25, 0.3) is 0 Å². The zero-order valence-electron chi connectivity index (χ0n) is 12.4. The molecule has 0 atom stereocenters. The zero-order chi connectivity index (χ0) is 16.6. The van der Waals surface area contributed by atoms with Crippen LogP contribution >= 0.6 is 11.3 Å². The van der Waals surface area contributed by atoms with Gasteiger partial charge in [0.2, 0.25) is 10.0 Å². The third kappa shape index (κ3) is 2.90. The second-order valence-corrected chi connectivity index (χ2v) is 7.92. The van der Waals surface area contributed by atoms with Gasteiger partial charge in [-0.05, 0) is 12.1 Å². The molecule has 3 heterocycles. The minimum atomic E-state index is -3.66. The summed E-state index contributed by atoms with van der Waals surface area (Å²) in [6, 6.07) is 3.09. The van der Waals surface area contributed by atoms with Crippen molar-refractivity contribution in [3.63, 3.8) is 0 Å². The van der Waals surface area contributed by atoms with Gasteiger partial charge in [0.05, 0.1) is 40.9 Å². The van der Waals surface area contributed by atoms with E-state index in [0.717, 1.165) is 17.0 Å². The highest BCUT2D eigenvalue weighted by Crippen LogP contribution is 2.26. The number of thiophene rings is 1. The summed E-state index contributed by atoms with van der Waals surface area (Å²) < 4.78 is 28.5. The fourth-order valence-corrected chi connectivity index (χ4v) is 5.04. The topological polar surface area (TPSA) is 105 Å². The van der Waals surface area contributed by atoms with E-state index in [1.54, 1.807) is 10.7 Å². The molecule has 1 amide bonds. The van der Waals surface area contributed by atoms with Crippen LogP contribution in [0.5, 0.6) is 0 Å². The molecule has 1 aliphatic heterocycles. The highest BCUT2D eigenvalue weighted by molar-refractivity contribution is 7.89. The van der Waals surface area contributed by atoms with Gasteiger partial charge in [0.15, 0.2) is 0 Å². The number of aliphatic hydroxyl groups excluding tert-OH is 1. The summed E-state index contributed by atoms with van der Waals surface area (Å²) in [5, 5.41) is 17.3. The predicted octanol–water partition coefficient (Wildman–Crippen LogP) is 0.00100. The molecule has 0 unspecified atom stereocenters. The highest BCUT2D eigenvalue weighted by Gasteiger charge is 2.30. The van der Waals surface area contributed by atoms with Crippen molar-refractivity contribution in [1.29, 1.82) is 0 Å². The Labute approximate surface area is 137 Å². The number of carbonyl (C=O) groups excluding carboxylic acids is 1. The Morgan fingerprint density at radius 2 is 2.22 bits per heavy atom. The molecule has 0 aliphatic carbocycles. The van der Waals surface area contributed by atoms with Gasteiger partial charge in [0.1, 0.15) is 0 Å². The van der Waals surface area contributed by atoms with Gasteiger partial charge in [-0.15, -0.1) is 11.3 Å². The summed E-state index contributed by atoms with van der Waals surface area (Å²) in [5.74, 6) is -0.305. The van der Waals surface area contributed by atoms with E-state index in [1.165, 1.54) is 22.8 Å². The van der Waals surface area contributed by atoms with Gasteiger partial charge in [0.25, 0.3) is 5.91 Å². The van der Waals surface area contributed by atoms with E-state index >= 15 is 0 Å². The van der Waals surface area contributed by atoms with Gasteiger partial charge in [-0.3, -0.25) is 9.48 Å². The van der Waals surface area contributed by atoms with Gasteiger partial charge in [-0.2, -0.15) is 9.40 Å². The normalized spacial score (nSPS) is 15.4. The molecule has 0 aromatic carbocycles. The first kappa shape index (κ1) is 16.1. The van der Waals surface area contributed by atoms with Crippen LogP contribution in [-0.2, 0) is 29.7 Å². The molecule has 124 valence electrons. The van der Waals surface area contributed by atoms with Crippen molar-refractivity contribution in [2.45, 2.75) is 24.6 Å². The third-order valence-corrected chi connectivity index (χ3v) is 6.54. The van der Waals surface area contributed by atoms with Crippen LogP contribution in [-0.4, -0.2) is 47.1 Å². The van der Waals surface area contributed by atoms with E-state index in [1.807, 2.05) is 0 Å². The number of rotatable bonds is 4. The first-order valence-corrected chi connectivity index (χ1v) is 9.25. The first-order valence-electron chi connectivity index (χ1n) is 6.93. The van der Waals surface area contributed by atoms with Gasteiger partial charge >= 0.3 is 0 Å². The Morgan fingerprint density at radius 1 is 1.43 bits per heavy atom. The Hall–Kier alpha value is -1.75. The van der Waals surface area contributed by atoms with Crippen LogP contribution in [0, 0.1) is 0 Å². The van der Waals surface area contributed by atoms with E-state index in [0.29, 0.717) is 23.7 Å². The Morgan fingerprint density at radius 3 is 2.91 bits per heavy atom. The summed E-state index contributed by atoms with van der Waals surface area (Å²) in [6.07, 6.45) is 0. The molecule has 2 N–H and O–H groups in total. The molecule has 10 heteroatoms. The number of nitrogens with one attached hydrogen (secondary N) is 1. The van der Waals surface area contributed by atoms with Crippen LogP contribution in [0.3, 0.4) is 0 Å². The van der Waals surface area contributed by atoms with Crippen LogP contribution < -0.4 is 5.32 Å². The van der Waals surface area contributed by atoms with Gasteiger partial charge in [-0.25, -0.2) is 8.42 Å². The number of aromatic nitrogens is 2. The number of carbonyl (C=O) groups is 1. The Kier molecular flexibility index (Phi) is 4.23. The molecule has 0 bridgehead atoms. The van der Waals surface area contributed by atoms with Gasteiger partial charge in [-0.1, -0.05) is 0 Å². The molecule has 23 heavy (non-hydrogen) atoms. The summed E-state index contributed by atoms with van der Waals surface area (Å²) in [4.78, 5) is 12.1. The second-order valence-electron chi connectivity index (χ2n) is 5.07. The smallest absolute Gasteiger partial charge is 0.261 e. The molecule has 0 spiro atoms. The molecular weight excluding hydrogens is 340 g/mol. The zero-order valence-corrected chi connectivity index (χ0v) is 14.0. The molecule has 2 aromatic heterocycles. The lowest BCUT2D eigenvalue weighted by Gasteiger charge is -2.26. The molecule has 0 fully saturated rings.